The molecule has 0 unspecified atom stereocenters. The summed E-state index contributed by atoms with van der Waals surface area (Å²) in [5.74, 6) is 0.0518. The maximum atomic E-state index is 12.6. The number of carbonyl (C=O) groups is 1. The number of hydrogen-bond acceptors (Lipinski definition) is 4. The van der Waals surface area contributed by atoms with Gasteiger partial charge in [0.05, 0.1) is 12.6 Å². The summed E-state index contributed by atoms with van der Waals surface area (Å²) in [6.45, 7) is -2.68. The standard InChI is InChI=1S/C17H24F2N2O3/c1-21(15(22)17(20)8-4-3-5-9-17)11-12-6-7-13(23-2)14(10-12)24-16(18)19/h6-7,10,16H,3-5,8-9,11,20H2,1-2H3. The van der Waals surface area contributed by atoms with Crippen molar-refractivity contribution in [1.29, 1.82) is 0 Å². The highest BCUT2D eigenvalue weighted by molar-refractivity contribution is 5.86. The quantitative estimate of drug-likeness (QED) is 0.863. The summed E-state index contributed by atoms with van der Waals surface area (Å²) < 4.78 is 34.5. The number of rotatable bonds is 6. The monoisotopic (exact) mass is 342 g/mol. The Labute approximate surface area is 140 Å². The van der Waals surface area contributed by atoms with E-state index in [4.69, 9.17) is 10.5 Å². The van der Waals surface area contributed by atoms with Crippen molar-refractivity contribution in [3.8, 4) is 11.5 Å². The Morgan fingerprint density at radius 2 is 1.96 bits per heavy atom. The molecule has 0 spiro atoms. The van der Waals surface area contributed by atoms with Gasteiger partial charge in [-0.1, -0.05) is 25.3 Å². The van der Waals surface area contributed by atoms with Crippen LogP contribution in [0.15, 0.2) is 18.2 Å². The lowest BCUT2D eigenvalue weighted by Gasteiger charge is -2.35. The maximum absolute atomic E-state index is 12.6. The van der Waals surface area contributed by atoms with Crippen molar-refractivity contribution in [3.05, 3.63) is 23.8 Å². The summed E-state index contributed by atoms with van der Waals surface area (Å²) in [5.41, 5.74) is 6.11. The number of nitrogens with zero attached hydrogens (tertiary/aromatic N) is 1. The summed E-state index contributed by atoms with van der Waals surface area (Å²) in [6.07, 6.45) is 4.36. The van der Waals surface area contributed by atoms with Crippen molar-refractivity contribution in [2.24, 2.45) is 5.73 Å². The largest absolute Gasteiger partial charge is 0.493 e. The Hall–Kier alpha value is -1.89. The van der Waals surface area contributed by atoms with Crippen LogP contribution in [-0.4, -0.2) is 37.1 Å². The van der Waals surface area contributed by atoms with Gasteiger partial charge in [-0.15, -0.1) is 0 Å². The molecule has 2 rings (SSSR count). The highest BCUT2D eigenvalue weighted by atomic mass is 19.3. The minimum atomic E-state index is -2.94. The van der Waals surface area contributed by atoms with Crippen molar-refractivity contribution < 1.29 is 23.0 Å². The molecule has 1 amide bonds. The minimum Gasteiger partial charge on any atom is -0.493 e. The lowest BCUT2D eigenvalue weighted by molar-refractivity contribution is -0.137. The number of carbonyl (C=O) groups excluding carboxylic acids is 1. The molecule has 0 radical (unpaired) electrons. The third-order valence-corrected chi connectivity index (χ3v) is 4.38. The van der Waals surface area contributed by atoms with Crippen molar-refractivity contribution in [3.63, 3.8) is 0 Å². The van der Waals surface area contributed by atoms with Crippen LogP contribution in [0.2, 0.25) is 0 Å². The molecule has 24 heavy (non-hydrogen) atoms. The molecule has 2 N–H and O–H groups in total. The van der Waals surface area contributed by atoms with Crippen LogP contribution in [0.1, 0.15) is 37.7 Å². The Morgan fingerprint density at radius 1 is 1.29 bits per heavy atom. The van der Waals surface area contributed by atoms with E-state index >= 15 is 0 Å². The number of likely N-dealkylation sites (N-methyl/N-ethyl adjacent to an activating group) is 1. The number of hydrogen-bond donors (Lipinski definition) is 1. The number of halogens is 2. The second kappa shape index (κ2) is 7.79. The summed E-state index contributed by atoms with van der Waals surface area (Å²) in [7, 11) is 3.05. The van der Waals surface area contributed by atoms with Gasteiger partial charge < -0.3 is 20.1 Å². The molecular formula is C17H24F2N2O3. The number of benzene rings is 1. The molecule has 1 aliphatic carbocycles. The van der Waals surface area contributed by atoms with Crippen LogP contribution in [-0.2, 0) is 11.3 Å². The van der Waals surface area contributed by atoms with E-state index < -0.39 is 12.2 Å². The van der Waals surface area contributed by atoms with Gasteiger partial charge in [-0.2, -0.15) is 8.78 Å². The van der Waals surface area contributed by atoms with Crippen LogP contribution in [0, 0.1) is 0 Å². The lowest BCUT2D eigenvalue weighted by atomic mass is 9.81. The average Bonchev–Trinajstić information content (AvgIpc) is 2.54. The molecule has 0 bridgehead atoms. The molecule has 0 saturated heterocycles. The van der Waals surface area contributed by atoms with Crippen molar-refractivity contribution in [2.75, 3.05) is 14.2 Å². The van der Waals surface area contributed by atoms with E-state index in [1.54, 1.807) is 24.1 Å². The van der Waals surface area contributed by atoms with Crippen LogP contribution in [0.5, 0.6) is 11.5 Å². The van der Waals surface area contributed by atoms with Crippen LogP contribution in [0.25, 0.3) is 0 Å². The van der Waals surface area contributed by atoms with Gasteiger partial charge in [0.25, 0.3) is 0 Å². The molecule has 0 heterocycles. The number of nitrogens with two attached hydrogens (primary N) is 1. The van der Waals surface area contributed by atoms with Crippen LogP contribution in [0.3, 0.4) is 0 Å². The summed E-state index contributed by atoms with van der Waals surface area (Å²) in [5, 5.41) is 0. The molecule has 1 aliphatic rings. The minimum absolute atomic E-state index is 0.0500. The second-order valence-corrected chi connectivity index (χ2v) is 6.24. The molecular weight excluding hydrogens is 318 g/mol. The first kappa shape index (κ1) is 18.4. The van der Waals surface area contributed by atoms with Crippen molar-refractivity contribution >= 4 is 5.91 Å². The molecule has 5 nitrogen and oxygen atoms in total. The van der Waals surface area contributed by atoms with Gasteiger partial charge in [0.2, 0.25) is 5.91 Å². The summed E-state index contributed by atoms with van der Waals surface area (Å²) in [4.78, 5) is 14.2. The number of methoxy groups -OCH3 is 1. The van der Waals surface area contributed by atoms with E-state index in [0.29, 0.717) is 18.4 Å². The third-order valence-electron chi connectivity index (χ3n) is 4.38. The maximum Gasteiger partial charge on any atom is 0.387 e. The smallest absolute Gasteiger partial charge is 0.387 e. The predicted octanol–water partition coefficient (Wildman–Crippen LogP) is 2.92. The fourth-order valence-electron chi connectivity index (χ4n) is 3.13. The normalized spacial score (nSPS) is 16.8. The molecule has 1 aromatic carbocycles. The SMILES string of the molecule is COc1ccc(CN(C)C(=O)C2(N)CCCCC2)cc1OC(F)F. The van der Waals surface area contributed by atoms with Gasteiger partial charge in [-0.3, -0.25) is 4.79 Å². The van der Waals surface area contributed by atoms with E-state index in [0.717, 1.165) is 19.3 Å². The van der Waals surface area contributed by atoms with E-state index in [-0.39, 0.29) is 24.0 Å². The van der Waals surface area contributed by atoms with Crippen LogP contribution in [0.4, 0.5) is 8.78 Å². The summed E-state index contributed by atoms with van der Waals surface area (Å²) in [6, 6.07) is 4.72. The molecule has 1 saturated carbocycles. The fourth-order valence-corrected chi connectivity index (χ4v) is 3.13. The molecule has 1 fully saturated rings. The van der Waals surface area contributed by atoms with Gasteiger partial charge in [0.15, 0.2) is 11.5 Å². The second-order valence-electron chi connectivity index (χ2n) is 6.24. The first-order valence-corrected chi connectivity index (χ1v) is 8.02. The Morgan fingerprint density at radius 3 is 2.54 bits per heavy atom. The number of alkyl halides is 2. The van der Waals surface area contributed by atoms with E-state index in [1.165, 1.54) is 13.2 Å². The highest BCUT2D eigenvalue weighted by Gasteiger charge is 2.37. The average molecular weight is 342 g/mol. The van der Waals surface area contributed by atoms with E-state index in [1.807, 2.05) is 0 Å². The van der Waals surface area contributed by atoms with Crippen molar-refractivity contribution in [2.45, 2.75) is 50.8 Å². The van der Waals surface area contributed by atoms with Crippen LogP contribution < -0.4 is 15.2 Å². The summed E-state index contributed by atoms with van der Waals surface area (Å²) >= 11 is 0. The van der Waals surface area contributed by atoms with E-state index in [2.05, 4.69) is 4.74 Å². The molecule has 0 aliphatic heterocycles. The molecule has 0 aromatic heterocycles. The Bertz CT molecular complexity index is 575. The van der Waals surface area contributed by atoms with Gasteiger partial charge in [0, 0.05) is 13.6 Å². The Kier molecular flexibility index (Phi) is 5.99. The lowest BCUT2D eigenvalue weighted by Crippen LogP contribution is -2.55. The Balaban J connectivity index is 2.10. The topological polar surface area (TPSA) is 64.8 Å². The molecule has 7 heteroatoms. The van der Waals surface area contributed by atoms with Crippen molar-refractivity contribution in [1.82, 2.24) is 4.90 Å². The zero-order chi connectivity index (χ0) is 17.7. The van der Waals surface area contributed by atoms with Crippen LogP contribution >= 0.6 is 0 Å². The number of amides is 1. The van der Waals surface area contributed by atoms with Gasteiger partial charge in [-0.05, 0) is 30.5 Å². The van der Waals surface area contributed by atoms with E-state index in [9.17, 15) is 13.6 Å². The predicted molar refractivity (Wildman–Crippen MR) is 86.1 cm³/mol. The molecule has 134 valence electrons. The first-order chi connectivity index (χ1) is 11.4. The van der Waals surface area contributed by atoms with Gasteiger partial charge in [-0.25, -0.2) is 0 Å². The zero-order valence-corrected chi connectivity index (χ0v) is 14.1. The number of ether oxygens (including phenoxy) is 2. The molecule has 0 atom stereocenters. The van der Waals surface area contributed by atoms with Gasteiger partial charge in [0.1, 0.15) is 0 Å². The highest BCUT2D eigenvalue weighted by Crippen LogP contribution is 2.31. The third kappa shape index (κ3) is 4.35. The first-order valence-electron chi connectivity index (χ1n) is 8.02. The van der Waals surface area contributed by atoms with Gasteiger partial charge >= 0.3 is 6.61 Å². The zero-order valence-electron chi connectivity index (χ0n) is 14.1. The molecule has 1 aromatic rings. The fraction of sp³-hybridized carbons (Fsp3) is 0.588.